The van der Waals surface area contributed by atoms with Gasteiger partial charge in [-0.1, -0.05) is 0 Å². The van der Waals surface area contributed by atoms with Crippen molar-refractivity contribution in [3.8, 4) is 17.2 Å². The smallest absolute Gasteiger partial charge is 0.271 e. The highest BCUT2D eigenvalue weighted by molar-refractivity contribution is 5.95. The van der Waals surface area contributed by atoms with Crippen molar-refractivity contribution >= 4 is 12.1 Å². The van der Waals surface area contributed by atoms with Crippen LogP contribution in [-0.2, 0) is 0 Å². The maximum atomic E-state index is 12.0. The normalized spacial score (nSPS) is 10.8. The number of nitrogens with one attached hydrogen (secondary N) is 1. The second kappa shape index (κ2) is 8.73. The van der Waals surface area contributed by atoms with E-state index < -0.39 is 0 Å². The standard InChI is InChI=1S/C19H22N2O4/c1-13(2)25-17-10-5-14(11-18(17)24-4)12-20-21-19(22)15-6-8-16(23-3)9-7-15/h5-13H,1-4H3,(H,21,22). The molecule has 2 aromatic carbocycles. The molecule has 0 unspecified atom stereocenters. The van der Waals surface area contributed by atoms with Crippen molar-refractivity contribution in [1.82, 2.24) is 5.43 Å². The molecular formula is C19H22N2O4. The Balaban J connectivity index is 2.02. The Morgan fingerprint density at radius 3 is 2.36 bits per heavy atom. The van der Waals surface area contributed by atoms with E-state index in [9.17, 15) is 4.79 Å². The summed E-state index contributed by atoms with van der Waals surface area (Å²) in [5.41, 5.74) is 3.76. The number of ether oxygens (including phenoxy) is 3. The molecule has 0 aliphatic carbocycles. The first-order valence-electron chi connectivity index (χ1n) is 7.85. The van der Waals surface area contributed by atoms with E-state index in [2.05, 4.69) is 10.5 Å². The Morgan fingerprint density at radius 2 is 1.76 bits per heavy atom. The molecule has 25 heavy (non-hydrogen) atoms. The number of carbonyl (C=O) groups excluding carboxylic acids is 1. The van der Waals surface area contributed by atoms with Crippen molar-refractivity contribution in [2.45, 2.75) is 20.0 Å². The number of rotatable bonds is 7. The number of hydrogen-bond acceptors (Lipinski definition) is 5. The zero-order chi connectivity index (χ0) is 18.2. The lowest BCUT2D eigenvalue weighted by atomic mass is 10.2. The number of amides is 1. The van der Waals surface area contributed by atoms with E-state index in [1.54, 1.807) is 50.8 Å². The molecule has 1 N–H and O–H groups in total. The molecule has 0 bridgehead atoms. The maximum Gasteiger partial charge on any atom is 0.271 e. The van der Waals surface area contributed by atoms with Crippen LogP contribution >= 0.6 is 0 Å². The van der Waals surface area contributed by atoms with Crippen molar-refractivity contribution in [3.05, 3.63) is 53.6 Å². The van der Waals surface area contributed by atoms with Crippen LogP contribution in [-0.4, -0.2) is 32.4 Å². The lowest BCUT2D eigenvalue weighted by molar-refractivity contribution is 0.0955. The molecule has 0 fully saturated rings. The van der Waals surface area contributed by atoms with Gasteiger partial charge in [-0.25, -0.2) is 5.43 Å². The molecule has 0 aliphatic heterocycles. The molecule has 0 saturated heterocycles. The van der Waals surface area contributed by atoms with E-state index in [4.69, 9.17) is 14.2 Å². The molecule has 0 radical (unpaired) electrons. The van der Waals surface area contributed by atoms with Crippen molar-refractivity contribution in [1.29, 1.82) is 0 Å². The molecule has 2 aromatic rings. The molecule has 6 heteroatoms. The van der Waals surface area contributed by atoms with Gasteiger partial charge in [0.2, 0.25) is 0 Å². The number of methoxy groups -OCH3 is 2. The van der Waals surface area contributed by atoms with Gasteiger partial charge < -0.3 is 14.2 Å². The second-order valence-corrected chi connectivity index (χ2v) is 5.50. The van der Waals surface area contributed by atoms with Crippen LogP contribution in [0.4, 0.5) is 0 Å². The predicted octanol–water partition coefficient (Wildman–Crippen LogP) is 3.25. The number of hydrogen-bond donors (Lipinski definition) is 1. The zero-order valence-corrected chi connectivity index (χ0v) is 14.8. The van der Waals surface area contributed by atoms with Crippen LogP contribution in [0.25, 0.3) is 0 Å². The summed E-state index contributed by atoms with van der Waals surface area (Å²) in [5, 5.41) is 3.97. The van der Waals surface area contributed by atoms with E-state index in [1.165, 1.54) is 0 Å². The zero-order valence-electron chi connectivity index (χ0n) is 14.8. The van der Waals surface area contributed by atoms with E-state index >= 15 is 0 Å². The lowest BCUT2D eigenvalue weighted by Crippen LogP contribution is -2.17. The number of nitrogens with zero attached hydrogens (tertiary/aromatic N) is 1. The van der Waals surface area contributed by atoms with Gasteiger partial charge >= 0.3 is 0 Å². The molecule has 0 aliphatic rings. The topological polar surface area (TPSA) is 69.2 Å². The minimum Gasteiger partial charge on any atom is -0.497 e. The molecule has 1 amide bonds. The van der Waals surface area contributed by atoms with Gasteiger partial charge in [0.1, 0.15) is 5.75 Å². The second-order valence-electron chi connectivity index (χ2n) is 5.50. The van der Waals surface area contributed by atoms with Gasteiger partial charge in [-0.05, 0) is 61.9 Å². The van der Waals surface area contributed by atoms with Crippen LogP contribution in [0.5, 0.6) is 17.2 Å². The van der Waals surface area contributed by atoms with Crippen LogP contribution in [0.1, 0.15) is 29.8 Å². The molecule has 6 nitrogen and oxygen atoms in total. The van der Waals surface area contributed by atoms with E-state index in [1.807, 2.05) is 26.0 Å². The first kappa shape index (κ1) is 18.3. The maximum absolute atomic E-state index is 12.0. The van der Waals surface area contributed by atoms with Crippen LogP contribution in [0.15, 0.2) is 47.6 Å². The molecule has 132 valence electrons. The average molecular weight is 342 g/mol. The summed E-state index contributed by atoms with van der Waals surface area (Å²) in [5.74, 6) is 1.66. The largest absolute Gasteiger partial charge is 0.497 e. The van der Waals surface area contributed by atoms with Crippen LogP contribution in [0.3, 0.4) is 0 Å². The quantitative estimate of drug-likeness (QED) is 0.619. The van der Waals surface area contributed by atoms with Crippen LogP contribution in [0, 0.1) is 0 Å². The summed E-state index contributed by atoms with van der Waals surface area (Å²) in [4.78, 5) is 12.0. The fourth-order valence-electron chi connectivity index (χ4n) is 2.09. The van der Waals surface area contributed by atoms with Crippen molar-refractivity contribution < 1.29 is 19.0 Å². The SMILES string of the molecule is COc1ccc(C(=O)NN=Cc2ccc(OC(C)C)c(OC)c2)cc1. The van der Waals surface area contributed by atoms with Gasteiger partial charge in [-0.3, -0.25) is 4.79 Å². The third-order valence-electron chi connectivity index (χ3n) is 3.28. The lowest BCUT2D eigenvalue weighted by Gasteiger charge is -2.13. The minimum atomic E-state index is -0.300. The number of carbonyl (C=O) groups is 1. The third kappa shape index (κ3) is 5.24. The van der Waals surface area contributed by atoms with E-state index in [0.29, 0.717) is 22.8 Å². The summed E-state index contributed by atoms with van der Waals surface area (Å²) in [7, 11) is 3.15. The molecule has 0 aromatic heterocycles. The fourth-order valence-corrected chi connectivity index (χ4v) is 2.09. The number of hydrazone groups is 1. The molecule has 0 spiro atoms. The van der Waals surface area contributed by atoms with Crippen molar-refractivity contribution in [2.75, 3.05) is 14.2 Å². The predicted molar refractivity (Wildman–Crippen MR) is 96.8 cm³/mol. The molecule has 0 heterocycles. The van der Waals surface area contributed by atoms with Crippen LogP contribution in [0.2, 0.25) is 0 Å². The Morgan fingerprint density at radius 1 is 1.04 bits per heavy atom. The van der Waals surface area contributed by atoms with Gasteiger partial charge in [-0.15, -0.1) is 0 Å². The van der Waals surface area contributed by atoms with Crippen molar-refractivity contribution in [2.24, 2.45) is 5.10 Å². The molecule has 2 rings (SSSR count). The third-order valence-corrected chi connectivity index (χ3v) is 3.28. The molecular weight excluding hydrogens is 320 g/mol. The summed E-state index contributed by atoms with van der Waals surface area (Å²) in [6.45, 7) is 3.90. The molecule has 0 saturated carbocycles. The van der Waals surface area contributed by atoms with Gasteiger partial charge in [-0.2, -0.15) is 5.10 Å². The monoisotopic (exact) mass is 342 g/mol. The average Bonchev–Trinajstić information content (AvgIpc) is 2.62. The van der Waals surface area contributed by atoms with Gasteiger partial charge in [0, 0.05) is 5.56 Å². The molecule has 0 atom stereocenters. The Hall–Kier alpha value is -3.02. The Kier molecular flexibility index (Phi) is 6.39. The van der Waals surface area contributed by atoms with E-state index in [-0.39, 0.29) is 12.0 Å². The summed E-state index contributed by atoms with van der Waals surface area (Å²) in [6.07, 6.45) is 1.60. The fraction of sp³-hybridized carbons (Fsp3) is 0.263. The highest BCUT2D eigenvalue weighted by Gasteiger charge is 2.07. The van der Waals surface area contributed by atoms with Crippen molar-refractivity contribution in [3.63, 3.8) is 0 Å². The highest BCUT2D eigenvalue weighted by Crippen LogP contribution is 2.28. The first-order valence-corrected chi connectivity index (χ1v) is 7.85. The Labute approximate surface area is 147 Å². The Bertz CT molecular complexity index is 740. The van der Waals surface area contributed by atoms with E-state index in [0.717, 1.165) is 5.56 Å². The summed E-state index contributed by atoms with van der Waals surface area (Å²) >= 11 is 0. The first-order chi connectivity index (χ1) is 12.0. The van der Waals surface area contributed by atoms with Crippen LogP contribution < -0.4 is 19.6 Å². The van der Waals surface area contributed by atoms with Gasteiger partial charge in [0.15, 0.2) is 11.5 Å². The number of benzene rings is 2. The van der Waals surface area contributed by atoms with Gasteiger partial charge in [0.25, 0.3) is 5.91 Å². The van der Waals surface area contributed by atoms with Gasteiger partial charge in [0.05, 0.1) is 26.5 Å². The minimum absolute atomic E-state index is 0.0530. The summed E-state index contributed by atoms with van der Waals surface area (Å²) < 4.78 is 16.0. The summed E-state index contributed by atoms with van der Waals surface area (Å²) in [6, 6.07) is 12.2. The highest BCUT2D eigenvalue weighted by atomic mass is 16.5.